The van der Waals surface area contributed by atoms with Gasteiger partial charge in [0.1, 0.15) is 10.8 Å². The zero-order valence-corrected chi connectivity index (χ0v) is 8.15. The first kappa shape index (κ1) is 10.4. The molecule has 1 unspecified atom stereocenters. The Labute approximate surface area is 80.7 Å². The first-order chi connectivity index (χ1) is 5.91. The van der Waals surface area contributed by atoms with Crippen molar-refractivity contribution in [2.45, 2.75) is 25.7 Å². The molecular formula is C9H10ClF2N. The van der Waals surface area contributed by atoms with Crippen LogP contribution in [0.3, 0.4) is 0 Å². The second-order valence-corrected chi connectivity index (χ2v) is 3.73. The number of halogens is 3. The minimum Gasteiger partial charge on any atom is -0.244 e. The van der Waals surface area contributed by atoms with Gasteiger partial charge in [0.05, 0.1) is 0 Å². The molecule has 0 amide bonds. The van der Waals surface area contributed by atoms with Crippen molar-refractivity contribution in [3.8, 4) is 0 Å². The van der Waals surface area contributed by atoms with Crippen molar-refractivity contribution < 1.29 is 8.78 Å². The lowest BCUT2D eigenvalue weighted by Gasteiger charge is -2.19. The summed E-state index contributed by atoms with van der Waals surface area (Å²) >= 11 is 5.50. The highest BCUT2D eigenvalue weighted by atomic mass is 35.5. The van der Waals surface area contributed by atoms with Gasteiger partial charge >= 0.3 is 0 Å². The van der Waals surface area contributed by atoms with Crippen LogP contribution in [0.1, 0.15) is 25.6 Å². The summed E-state index contributed by atoms with van der Waals surface area (Å²) in [6.07, 6.45) is -0.425. The summed E-state index contributed by atoms with van der Waals surface area (Å²) in [5.74, 6) is 0. The Kier molecular flexibility index (Phi) is 2.86. The highest BCUT2D eigenvalue weighted by Gasteiger charge is 2.30. The van der Waals surface area contributed by atoms with E-state index in [0.717, 1.165) is 0 Å². The van der Waals surface area contributed by atoms with E-state index in [4.69, 9.17) is 11.6 Å². The standard InChI is InChI=1S/C9H10ClF2N/c1-9(2,12)8(11)6-3-4-7(10)13-5-6/h3-5,8H,1-2H3. The number of alkyl halides is 2. The molecule has 0 N–H and O–H groups in total. The van der Waals surface area contributed by atoms with Crippen LogP contribution in [0.5, 0.6) is 0 Å². The number of rotatable bonds is 2. The number of hydrogen-bond donors (Lipinski definition) is 0. The number of hydrogen-bond acceptors (Lipinski definition) is 1. The Balaban J connectivity index is 2.90. The SMILES string of the molecule is CC(C)(F)C(F)c1ccc(Cl)nc1. The maximum atomic E-state index is 13.3. The van der Waals surface area contributed by atoms with E-state index in [9.17, 15) is 8.78 Å². The fourth-order valence-corrected chi connectivity index (χ4v) is 1.05. The molecule has 0 aliphatic heterocycles. The van der Waals surface area contributed by atoms with Crippen molar-refractivity contribution in [2.75, 3.05) is 0 Å². The average Bonchev–Trinajstić information content (AvgIpc) is 2.03. The molecule has 0 bridgehead atoms. The summed E-state index contributed by atoms with van der Waals surface area (Å²) in [4.78, 5) is 3.67. The van der Waals surface area contributed by atoms with E-state index in [1.54, 1.807) is 0 Å². The molecule has 4 heteroatoms. The van der Waals surface area contributed by atoms with Gasteiger partial charge in [-0.1, -0.05) is 17.7 Å². The maximum absolute atomic E-state index is 13.3. The lowest BCUT2D eigenvalue weighted by molar-refractivity contribution is 0.0850. The molecule has 1 nitrogen and oxygen atoms in total. The lowest BCUT2D eigenvalue weighted by atomic mass is 9.99. The molecule has 1 heterocycles. The lowest BCUT2D eigenvalue weighted by Crippen LogP contribution is -2.20. The third-order valence-electron chi connectivity index (χ3n) is 1.65. The molecule has 0 radical (unpaired) electrons. The van der Waals surface area contributed by atoms with E-state index in [1.807, 2.05) is 0 Å². The van der Waals surface area contributed by atoms with Crippen LogP contribution in [0.4, 0.5) is 8.78 Å². The first-order valence-corrected chi connectivity index (χ1v) is 4.23. The molecule has 1 atom stereocenters. The minimum absolute atomic E-state index is 0.205. The van der Waals surface area contributed by atoms with Crippen LogP contribution in [0.25, 0.3) is 0 Å². The third-order valence-corrected chi connectivity index (χ3v) is 1.87. The van der Waals surface area contributed by atoms with Gasteiger partial charge in [0.25, 0.3) is 0 Å². The van der Waals surface area contributed by atoms with E-state index in [-0.39, 0.29) is 10.7 Å². The van der Waals surface area contributed by atoms with Crippen LogP contribution in [0, 0.1) is 0 Å². The average molecular weight is 206 g/mol. The van der Waals surface area contributed by atoms with Gasteiger partial charge < -0.3 is 0 Å². The Bertz CT molecular complexity index is 279. The zero-order valence-electron chi connectivity index (χ0n) is 7.39. The van der Waals surface area contributed by atoms with Crippen molar-refractivity contribution in [2.24, 2.45) is 0 Å². The van der Waals surface area contributed by atoms with E-state index in [2.05, 4.69) is 4.98 Å². The predicted molar refractivity (Wildman–Crippen MR) is 48.3 cm³/mol. The second kappa shape index (κ2) is 3.58. The minimum atomic E-state index is -1.89. The van der Waals surface area contributed by atoms with Crippen LogP contribution in [0.2, 0.25) is 5.15 Å². The predicted octanol–water partition coefficient (Wildman–Crippen LogP) is 3.49. The molecule has 0 saturated heterocycles. The molecule has 1 aromatic rings. The van der Waals surface area contributed by atoms with Gasteiger partial charge in [-0.15, -0.1) is 0 Å². The molecule has 13 heavy (non-hydrogen) atoms. The topological polar surface area (TPSA) is 12.9 Å². The highest BCUT2D eigenvalue weighted by Crippen LogP contribution is 2.32. The zero-order chi connectivity index (χ0) is 10.1. The largest absolute Gasteiger partial charge is 0.244 e. The van der Waals surface area contributed by atoms with Gasteiger partial charge in [-0.3, -0.25) is 0 Å². The highest BCUT2D eigenvalue weighted by molar-refractivity contribution is 6.29. The van der Waals surface area contributed by atoms with Gasteiger partial charge in [0.2, 0.25) is 0 Å². The Morgan fingerprint density at radius 1 is 1.46 bits per heavy atom. The molecular weight excluding hydrogens is 196 g/mol. The van der Waals surface area contributed by atoms with Crippen LogP contribution < -0.4 is 0 Å². The Morgan fingerprint density at radius 3 is 2.46 bits per heavy atom. The Hall–Kier alpha value is -0.700. The van der Waals surface area contributed by atoms with Gasteiger partial charge in [-0.2, -0.15) is 0 Å². The van der Waals surface area contributed by atoms with Crippen LogP contribution in [-0.2, 0) is 0 Å². The molecule has 1 aromatic heterocycles. The molecule has 1 rings (SSSR count). The maximum Gasteiger partial charge on any atom is 0.160 e. The molecule has 0 aromatic carbocycles. The van der Waals surface area contributed by atoms with Gasteiger partial charge in [0.15, 0.2) is 6.17 Å². The Morgan fingerprint density at radius 2 is 2.08 bits per heavy atom. The van der Waals surface area contributed by atoms with E-state index in [1.165, 1.54) is 32.2 Å². The molecule has 72 valence electrons. The van der Waals surface area contributed by atoms with Crippen molar-refractivity contribution in [1.82, 2.24) is 4.98 Å². The summed E-state index contributed by atoms with van der Waals surface area (Å²) in [6, 6.07) is 2.87. The fraction of sp³-hybridized carbons (Fsp3) is 0.444. The molecule has 0 aliphatic rings. The van der Waals surface area contributed by atoms with Gasteiger partial charge in [0, 0.05) is 11.8 Å². The monoisotopic (exact) mass is 205 g/mol. The molecule has 0 saturated carbocycles. The number of nitrogens with zero attached hydrogens (tertiary/aromatic N) is 1. The van der Waals surface area contributed by atoms with Crippen molar-refractivity contribution >= 4 is 11.6 Å². The van der Waals surface area contributed by atoms with Crippen LogP contribution in [0.15, 0.2) is 18.3 Å². The fourth-order valence-electron chi connectivity index (χ4n) is 0.934. The third kappa shape index (κ3) is 2.62. The van der Waals surface area contributed by atoms with E-state index < -0.39 is 11.8 Å². The normalized spacial score (nSPS) is 14.2. The summed E-state index contributed by atoms with van der Waals surface area (Å²) in [5.41, 5.74) is -1.69. The molecule has 0 aliphatic carbocycles. The molecule has 0 fully saturated rings. The smallest absolute Gasteiger partial charge is 0.160 e. The van der Waals surface area contributed by atoms with Gasteiger partial charge in [-0.25, -0.2) is 13.8 Å². The summed E-state index contributed by atoms with van der Waals surface area (Å²) in [6.45, 7) is 2.37. The number of aromatic nitrogens is 1. The van der Waals surface area contributed by atoms with Crippen molar-refractivity contribution in [3.05, 3.63) is 29.0 Å². The summed E-state index contributed by atoms with van der Waals surface area (Å²) < 4.78 is 26.4. The molecule has 0 spiro atoms. The van der Waals surface area contributed by atoms with E-state index >= 15 is 0 Å². The van der Waals surface area contributed by atoms with Crippen molar-refractivity contribution in [3.63, 3.8) is 0 Å². The van der Waals surface area contributed by atoms with Crippen molar-refractivity contribution in [1.29, 1.82) is 0 Å². The number of pyridine rings is 1. The second-order valence-electron chi connectivity index (χ2n) is 3.34. The first-order valence-electron chi connectivity index (χ1n) is 3.85. The van der Waals surface area contributed by atoms with Crippen LogP contribution in [-0.4, -0.2) is 10.7 Å². The van der Waals surface area contributed by atoms with Gasteiger partial charge in [-0.05, 0) is 19.9 Å². The quantitative estimate of drug-likeness (QED) is 0.674. The summed E-state index contributed by atoms with van der Waals surface area (Å²) in [5, 5.41) is 0.271. The summed E-state index contributed by atoms with van der Waals surface area (Å²) in [7, 11) is 0. The van der Waals surface area contributed by atoms with Crippen LogP contribution >= 0.6 is 11.6 Å². The van der Waals surface area contributed by atoms with E-state index in [0.29, 0.717) is 0 Å².